The average Bonchev–Trinajstić information content (AvgIpc) is 3.87. The van der Waals surface area contributed by atoms with Crippen molar-refractivity contribution in [3.63, 3.8) is 0 Å². The minimum absolute atomic E-state index is 0. The Bertz CT molecular complexity index is 2440. The first kappa shape index (κ1) is 44.7. The molecular weight excluding hydrogens is 868 g/mol. The maximum atomic E-state index is 8.78. The number of aromatic nitrogens is 8. The Morgan fingerprint density at radius 2 is 0.544 bits per heavy atom. The average molecular weight is 894 g/mol. The van der Waals surface area contributed by atoms with Crippen LogP contribution < -0.4 is 20.6 Å². The van der Waals surface area contributed by atoms with Crippen LogP contribution in [0.25, 0.3) is 89.7 Å². The van der Waals surface area contributed by atoms with Crippen molar-refractivity contribution >= 4 is 89.2 Å². The molecule has 10 N–H and O–H groups in total. The molecule has 3 aromatic heterocycles. The number of hydrogen-bond donors (Lipinski definition) is 6. The Morgan fingerprint density at radius 1 is 0.368 bits per heavy atom. The van der Waals surface area contributed by atoms with Gasteiger partial charge < -0.3 is 28.2 Å². The molecule has 0 amide bonds. The number of fused-ring (bicyclic) bond motifs is 20. The zero-order valence-electron chi connectivity index (χ0n) is 28.5. The van der Waals surface area contributed by atoms with Gasteiger partial charge in [0.1, 0.15) is 22.6 Å². The largest absolute Gasteiger partial charge is 2.00 e. The van der Waals surface area contributed by atoms with Gasteiger partial charge >= 0.3 is 16.8 Å². The van der Waals surface area contributed by atoms with Crippen LogP contribution in [-0.2, 0) is 61.8 Å². The summed E-state index contributed by atoms with van der Waals surface area (Å²) in [6.07, 6.45) is 0. The topological polar surface area (TPSA) is 374 Å². The van der Waals surface area contributed by atoms with E-state index in [1.54, 1.807) is 0 Å². The third-order valence-electron chi connectivity index (χ3n) is 7.46. The Morgan fingerprint density at radius 3 is 0.737 bits per heavy atom. The van der Waals surface area contributed by atoms with E-state index in [9.17, 15) is 0 Å². The van der Waals surface area contributed by atoms with Crippen LogP contribution in [0.2, 0.25) is 0 Å². The number of nitrogens with two attached hydrogens (primary N) is 4. The summed E-state index contributed by atoms with van der Waals surface area (Å²) < 4.78 is 70.2. The van der Waals surface area contributed by atoms with E-state index in [1.807, 2.05) is 97.1 Å². The monoisotopic (exact) mass is 893 g/mol. The van der Waals surface area contributed by atoms with Gasteiger partial charge in [0, 0.05) is 88.9 Å². The fourth-order valence-corrected chi connectivity index (χ4v) is 5.59. The summed E-state index contributed by atoms with van der Waals surface area (Å²) in [6.45, 7) is 0. The molecule has 57 heavy (non-hydrogen) atoms. The van der Waals surface area contributed by atoms with Crippen LogP contribution >= 0.6 is 0 Å². The number of nitrogens with zero attached hydrogens (tertiary/aromatic N) is 6. The van der Waals surface area contributed by atoms with Gasteiger partial charge in [-0.15, -0.1) is 0 Å². The van der Waals surface area contributed by atoms with Gasteiger partial charge in [0.15, 0.2) is 23.3 Å². The van der Waals surface area contributed by atoms with Gasteiger partial charge in [0.25, 0.3) is 0 Å². The van der Waals surface area contributed by atoms with E-state index in [-0.39, 0.29) is 16.8 Å². The molecule has 9 rings (SSSR count). The van der Waals surface area contributed by atoms with Gasteiger partial charge in [-0.25, -0.2) is 29.9 Å². The van der Waals surface area contributed by atoms with E-state index in [0.717, 1.165) is 43.8 Å². The van der Waals surface area contributed by atoms with Gasteiger partial charge in [-0.2, -0.15) is 0 Å². The summed E-state index contributed by atoms with van der Waals surface area (Å²) >= 11 is -9.44. The molecule has 2 aliphatic rings. The molecule has 0 spiro atoms. The van der Waals surface area contributed by atoms with Gasteiger partial charge in [-0.1, -0.05) is 97.1 Å². The minimum Gasteiger partial charge on any atom is -0.760 e. The molecule has 7 aromatic rings. The van der Waals surface area contributed by atoms with Crippen LogP contribution in [0, 0.1) is 0 Å². The number of hydrogen-bond acceptors (Lipinski definition) is 14. The van der Waals surface area contributed by atoms with Crippen LogP contribution in [0.3, 0.4) is 0 Å². The van der Waals surface area contributed by atoms with E-state index in [4.69, 9.17) is 65.0 Å². The third-order valence-corrected chi connectivity index (χ3v) is 7.46. The van der Waals surface area contributed by atoms with Gasteiger partial charge in [-0.3, -0.25) is 37.4 Å². The van der Waals surface area contributed by atoms with Gasteiger partial charge in [0.2, 0.25) is 0 Å². The second-order valence-corrected chi connectivity index (χ2v) is 12.9. The van der Waals surface area contributed by atoms with E-state index < -0.39 is 45.1 Å². The van der Waals surface area contributed by atoms with Crippen molar-refractivity contribution in [3.05, 3.63) is 97.1 Å². The molecule has 0 aliphatic carbocycles. The van der Waals surface area contributed by atoms with E-state index >= 15 is 0 Å². The summed E-state index contributed by atoms with van der Waals surface area (Å²) in [5.41, 5.74) is 6.45. The maximum absolute atomic E-state index is 8.78. The molecule has 20 nitrogen and oxygen atoms in total. The first-order valence-corrected chi connectivity index (χ1v) is 19.8. The molecule has 0 saturated carbocycles. The standard InChI is InChI=1S/C32H18N8.Co.4H3NO2S/c1-2-10-18-17(9-1)25-33-26(18)38-28-21-13-5-6-14-22(21)30(35-28)40-32-24-16-8-7-15-23(24)31(36-32)39-29-20-12-4-3-11-19(20)27(34-29)37-25;;4*1-4(2)3/h1-16H,(H2,33,34,35,36,37,38,39,40);;4*1H2,(H,2,3)/q;+2;;;;/p-4. The SMILES string of the molecule is NS(=O)[O-].NS(=O)[O-].NS(=O)[O-].NS(=O)[O-].[Co+2].c1ccc2c(c1)-c1nc-2nc2[nH]c(nc3nc(nc4[nH]c(n1)c1ccccc41)-c1ccccc1-3)c1ccccc21. The molecule has 1 radical (unpaired) electrons. The van der Waals surface area contributed by atoms with Crippen LogP contribution in [-0.4, -0.2) is 74.9 Å². The number of aromatic amines is 2. The number of benzene rings is 4. The number of H-pyrrole nitrogens is 2. The quantitative estimate of drug-likeness (QED) is 0.118. The Labute approximate surface area is 342 Å². The van der Waals surface area contributed by atoms with E-state index in [0.29, 0.717) is 45.9 Å². The fourth-order valence-electron chi connectivity index (χ4n) is 5.59. The summed E-state index contributed by atoms with van der Waals surface area (Å²) in [6, 6.07) is 32.2. The van der Waals surface area contributed by atoms with Crippen LogP contribution in [0.5, 0.6) is 0 Å². The first-order valence-electron chi connectivity index (χ1n) is 15.3. The summed E-state index contributed by atoms with van der Waals surface area (Å²) in [7, 11) is 0. The summed E-state index contributed by atoms with van der Waals surface area (Å²) in [4.78, 5) is 36.8. The Kier molecular flexibility index (Phi) is 16.0. The maximum Gasteiger partial charge on any atom is 2.00 e. The molecule has 4 aromatic carbocycles. The van der Waals surface area contributed by atoms with Crippen molar-refractivity contribution < 1.29 is 51.8 Å². The van der Waals surface area contributed by atoms with Crippen molar-refractivity contribution in [3.8, 4) is 45.6 Å². The summed E-state index contributed by atoms with van der Waals surface area (Å²) in [5.74, 6) is 2.39. The predicted octanol–water partition coefficient (Wildman–Crippen LogP) is 1.82. The fraction of sp³-hybridized carbons (Fsp3) is 0. The second-order valence-electron chi connectivity index (χ2n) is 10.8. The normalized spacial score (nSPS) is 12.8. The zero-order chi connectivity index (χ0) is 40.5. The molecule has 297 valence electrons. The zero-order valence-corrected chi connectivity index (χ0v) is 32.8. The smallest absolute Gasteiger partial charge is 0.760 e. The Hall–Kier alpha value is -4.97. The van der Waals surface area contributed by atoms with Crippen LogP contribution in [0.1, 0.15) is 0 Å². The van der Waals surface area contributed by atoms with Crippen LogP contribution in [0.4, 0.5) is 0 Å². The third kappa shape index (κ3) is 11.6. The van der Waals surface area contributed by atoms with Gasteiger partial charge in [-0.05, 0) is 0 Å². The van der Waals surface area contributed by atoms with Crippen molar-refractivity contribution in [2.45, 2.75) is 0 Å². The van der Waals surface area contributed by atoms with E-state index in [2.05, 4.69) is 30.5 Å². The van der Waals surface area contributed by atoms with Crippen molar-refractivity contribution in [1.82, 2.24) is 39.9 Å². The molecule has 0 saturated heterocycles. The molecule has 0 fully saturated rings. The van der Waals surface area contributed by atoms with Crippen molar-refractivity contribution in [2.75, 3.05) is 0 Å². The minimum atomic E-state index is -2.36. The number of rotatable bonds is 0. The van der Waals surface area contributed by atoms with E-state index in [1.165, 1.54) is 0 Å². The molecule has 25 heteroatoms. The van der Waals surface area contributed by atoms with Crippen LogP contribution in [0.15, 0.2) is 97.1 Å². The summed E-state index contributed by atoms with van der Waals surface area (Å²) in [5, 5.41) is 19.9. The molecule has 8 bridgehead atoms. The van der Waals surface area contributed by atoms with Crippen molar-refractivity contribution in [2.24, 2.45) is 20.6 Å². The second kappa shape index (κ2) is 20.4. The van der Waals surface area contributed by atoms with Gasteiger partial charge in [0.05, 0.1) is 0 Å². The predicted molar refractivity (Wildman–Crippen MR) is 208 cm³/mol. The molecular formula is C32H26CoN12O8S4-2. The molecule has 4 unspecified atom stereocenters. The van der Waals surface area contributed by atoms with Crippen molar-refractivity contribution in [1.29, 1.82) is 0 Å². The number of nitrogens with one attached hydrogen (secondary N) is 2. The molecule has 4 atom stereocenters. The molecule has 5 heterocycles. The first-order chi connectivity index (χ1) is 26.7. The Balaban J connectivity index is 0.000000366. The molecule has 2 aliphatic heterocycles.